The molecule has 3 heteroatoms. The highest BCUT2D eigenvalue weighted by molar-refractivity contribution is 5.99. The number of Topliss-reactive ketones (excluding diaryl/α,β-unsaturated/α-hetero) is 1. The summed E-state index contributed by atoms with van der Waals surface area (Å²) in [5.74, 6) is 1.46. The van der Waals surface area contributed by atoms with Gasteiger partial charge in [-0.15, -0.1) is 0 Å². The van der Waals surface area contributed by atoms with Crippen LogP contribution in [0.5, 0.6) is 0 Å². The predicted octanol–water partition coefficient (Wildman–Crippen LogP) is 4.53. The Balaban J connectivity index is 1.74. The molecular weight excluding hydrogens is 276 g/mol. The van der Waals surface area contributed by atoms with E-state index in [-0.39, 0.29) is 11.8 Å². The number of esters is 1. The normalized spacial score (nSPS) is 32.7. The molecule has 3 nitrogen and oxygen atoms in total. The standard InChI is InChI=1S/C19H32O3/c1-3-4-5-6-14-7-9-15(10-8-14)16-11-12-17(18(20)13-16)19(21)22-2/h14-17H,3-13H2,1-2H3. The summed E-state index contributed by atoms with van der Waals surface area (Å²) in [4.78, 5) is 23.8. The summed E-state index contributed by atoms with van der Waals surface area (Å²) in [5, 5.41) is 0. The molecule has 0 bridgehead atoms. The maximum atomic E-state index is 12.2. The summed E-state index contributed by atoms with van der Waals surface area (Å²) in [6, 6.07) is 0. The lowest BCUT2D eigenvalue weighted by atomic mass is 9.68. The first-order valence-corrected chi connectivity index (χ1v) is 9.26. The Bertz CT molecular complexity index is 369. The second-order valence-electron chi connectivity index (χ2n) is 7.36. The van der Waals surface area contributed by atoms with E-state index in [4.69, 9.17) is 4.74 Å². The largest absolute Gasteiger partial charge is 0.468 e. The zero-order valence-electron chi connectivity index (χ0n) is 14.3. The van der Waals surface area contributed by atoms with Gasteiger partial charge in [0.25, 0.3) is 0 Å². The third-order valence-corrected chi connectivity index (χ3v) is 5.94. The molecule has 0 spiro atoms. The maximum Gasteiger partial charge on any atom is 0.316 e. The molecule has 2 atom stereocenters. The van der Waals surface area contributed by atoms with E-state index in [0.29, 0.717) is 24.7 Å². The van der Waals surface area contributed by atoms with Crippen LogP contribution in [0.3, 0.4) is 0 Å². The average Bonchev–Trinajstić information content (AvgIpc) is 2.55. The van der Waals surface area contributed by atoms with E-state index in [2.05, 4.69) is 6.92 Å². The molecule has 0 radical (unpaired) electrons. The number of methoxy groups -OCH3 is 1. The van der Waals surface area contributed by atoms with Crippen molar-refractivity contribution in [3.05, 3.63) is 0 Å². The summed E-state index contributed by atoms with van der Waals surface area (Å²) in [6.45, 7) is 2.26. The molecule has 22 heavy (non-hydrogen) atoms. The minimum atomic E-state index is -0.480. The van der Waals surface area contributed by atoms with Gasteiger partial charge in [-0.25, -0.2) is 0 Å². The molecule has 0 aliphatic heterocycles. The molecule has 0 amide bonds. The lowest BCUT2D eigenvalue weighted by molar-refractivity contribution is -0.151. The molecule has 0 N–H and O–H groups in total. The van der Waals surface area contributed by atoms with Crippen LogP contribution in [-0.2, 0) is 14.3 Å². The quantitative estimate of drug-likeness (QED) is 0.411. The van der Waals surface area contributed by atoms with Crippen LogP contribution >= 0.6 is 0 Å². The number of ketones is 1. The van der Waals surface area contributed by atoms with Crippen molar-refractivity contribution in [1.29, 1.82) is 0 Å². The highest BCUT2D eigenvalue weighted by atomic mass is 16.5. The molecule has 0 heterocycles. The monoisotopic (exact) mass is 308 g/mol. The molecule has 126 valence electrons. The summed E-state index contributed by atoms with van der Waals surface area (Å²) >= 11 is 0. The predicted molar refractivity (Wildman–Crippen MR) is 87.4 cm³/mol. The topological polar surface area (TPSA) is 43.4 Å². The third kappa shape index (κ3) is 4.57. The molecule has 0 aromatic carbocycles. The van der Waals surface area contributed by atoms with Gasteiger partial charge in [-0.05, 0) is 43.4 Å². The van der Waals surface area contributed by atoms with Crippen LogP contribution in [0.4, 0.5) is 0 Å². The number of unbranched alkanes of at least 4 members (excludes halogenated alkanes) is 2. The number of carbonyl (C=O) groups excluding carboxylic acids is 2. The number of hydrogen-bond donors (Lipinski definition) is 0. The summed E-state index contributed by atoms with van der Waals surface area (Å²) in [7, 11) is 1.38. The molecule has 2 aliphatic carbocycles. The highest BCUT2D eigenvalue weighted by Gasteiger charge is 2.38. The second kappa shape index (κ2) is 8.69. The summed E-state index contributed by atoms with van der Waals surface area (Å²) < 4.78 is 4.74. The van der Waals surface area contributed by atoms with E-state index < -0.39 is 5.92 Å². The average molecular weight is 308 g/mol. The van der Waals surface area contributed by atoms with Gasteiger partial charge in [-0.2, -0.15) is 0 Å². The van der Waals surface area contributed by atoms with Gasteiger partial charge in [-0.1, -0.05) is 45.4 Å². The van der Waals surface area contributed by atoms with Gasteiger partial charge in [0.15, 0.2) is 0 Å². The molecule has 2 aliphatic rings. The van der Waals surface area contributed by atoms with Crippen LogP contribution in [0.15, 0.2) is 0 Å². The maximum absolute atomic E-state index is 12.2. The Hall–Kier alpha value is -0.860. The molecular formula is C19H32O3. The molecule has 2 saturated carbocycles. The number of carbonyl (C=O) groups is 2. The van der Waals surface area contributed by atoms with E-state index >= 15 is 0 Å². The molecule has 0 saturated heterocycles. The van der Waals surface area contributed by atoms with Gasteiger partial charge in [0, 0.05) is 6.42 Å². The zero-order valence-corrected chi connectivity index (χ0v) is 14.3. The molecule has 2 fully saturated rings. The van der Waals surface area contributed by atoms with Crippen molar-refractivity contribution in [2.24, 2.45) is 23.7 Å². The van der Waals surface area contributed by atoms with Crippen LogP contribution < -0.4 is 0 Å². The van der Waals surface area contributed by atoms with Gasteiger partial charge < -0.3 is 4.74 Å². The van der Waals surface area contributed by atoms with Gasteiger partial charge in [0.05, 0.1) is 7.11 Å². The molecule has 0 aromatic rings. The number of hydrogen-bond acceptors (Lipinski definition) is 3. The second-order valence-corrected chi connectivity index (χ2v) is 7.36. The SMILES string of the molecule is CCCCCC1CCC(C2CCC(C(=O)OC)C(=O)C2)CC1. The Morgan fingerprint density at radius 1 is 1.05 bits per heavy atom. The van der Waals surface area contributed by atoms with E-state index in [0.717, 1.165) is 12.3 Å². The lowest BCUT2D eigenvalue weighted by Gasteiger charge is -2.36. The Morgan fingerprint density at radius 2 is 1.73 bits per heavy atom. The van der Waals surface area contributed by atoms with Gasteiger partial charge in [0.2, 0.25) is 0 Å². The Kier molecular flexibility index (Phi) is 6.91. The Labute approximate surface area is 135 Å². The third-order valence-electron chi connectivity index (χ3n) is 5.94. The van der Waals surface area contributed by atoms with E-state index in [9.17, 15) is 9.59 Å². The van der Waals surface area contributed by atoms with Crippen molar-refractivity contribution >= 4 is 11.8 Å². The molecule has 2 rings (SSSR count). The molecule has 0 aromatic heterocycles. The fourth-order valence-electron chi connectivity index (χ4n) is 4.47. The fourth-order valence-corrected chi connectivity index (χ4v) is 4.47. The van der Waals surface area contributed by atoms with Crippen molar-refractivity contribution in [2.75, 3.05) is 7.11 Å². The highest BCUT2D eigenvalue weighted by Crippen LogP contribution is 2.41. The van der Waals surface area contributed by atoms with Crippen LogP contribution in [0.1, 0.15) is 77.6 Å². The summed E-state index contributed by atoms with van der Waals surface area (Å²) in [5.41, 5.74) is 0. The van der Waals surface area contributed by atoms with Crippen LogP contribution in [-0.4, -0.2) is 18.9 Å². The zero-order chi connectivity index (χ0) is 15.9. The number of rotatable bonds is 6. The van der Waals surface area contributed by atoms with Gasteiger partial charge >= 0.3 is 5.97 Å². The van der Waals surface area contributed by atoms with Crippen molar-refractivity contribution < 1.29 is 14.3 Å². The minimum Gasteiger partial charge on any atom is -0.468 e. The van der Waals surface area contributed by atoms with Crippen LogP contribution in [0, 0.1) is 23.7 Å². The van der Waals surface area contributed by atoms with E-state index in [1.165, 1.54) is 58.5 Å². The van der Waals surface area contributed by atoms with Gasteiger partial charge in [0.1, 0.15) is 11.7 Å². The van der Waals surface area contributed by atoms with Crippen molar-refractivity contribution in [2.45, 2.75) is 77.6 Å². The summed E-state index contributed by atoms with van der Waals surface area (Å²) in [6.07, 6.45) is 13.1. The van der Waals surface area contributed by atoms with Crippen molar-refractivity contribution in [3.63, 3.8) is 0 Å². The number of ether oxygens (including phenoxy) is 1. The lowest BCUT2D eigenvalue weighted by Crippen LogP contribution is -2.35. The first-order chi connectivity index (χ1) is 10.7. The smallest absolute Gasteiger partial charge is 0.316 e. The van der Waals surface area contributed by atoms with Crippen LogP contribution in [0.2, 0.25) is 0 Å². The van der Waals surface area contributed by atoms with Crippen LogP contribution in [0.25, 0.3) is 0 Å². The fraction of sp³-hybridized carbons (Fsp3) is 0.895. The molecule has 2 unspecified atom stereocenters. The Morgan fingerprint density at radius 3 is 2.32 bits per heavy atom. The van der Waals surface area contributed by atoms with Crippen molar-refractivity contribution in [1.82, 2.24) is 0 Å². The van der Waals surface area contributed by atoms with Gasteiger partial charge in [-0.3, -0.25) is 9.59 Å². The van der Waals surface area contributed by atoms with E-state index in [1.54, 1.807) is 0 Å². The first-order valence-electron chi connectivity index (χ1n) is 9.26. The van der Waals surface area contributed by atoms with E-state index in [1.807, 2.05) is 0 Å². The van der Waals surface area contributed by atoms with Crippen molar-refractivity contribution in [3.8, 4) is 0 Å². The minimum absolute atomic E-state index is 0.119. The first kappa shape index (κ1) is 17.5.